The van der Waals surface area contributed by atoms with Crippen molar-refractivity contribution in [2.24, 2.45) is 5.92 Å². The lowest BCUT2D eigenvalue weighted by atomic mass is 9.97. The number of carboxylic acid groups (broad SMARTS) is 1. The van der Waals surface area contributed by atoms with Crippen LogP contribution in [0.5, 0.6) is 11.5 Å². The van der Waals surface area contributed by atoms with Gasteiger partial charge in [0.15, 0.2) is 11.6 Å². The van der Waals surface area contributed by atoms with Crippen molar-refractivity contribution < 1.29 is 19.4 Å². The number of nitrogens with zero attached hydrogens (tertiary/aromatic N) is 3. The van der Waals surface area contributed by atoms with E-state index >= 15 is 0 Å². The van der Waals surface area contributed by atoms with Crippen LogP contribution < -0.4 is 25.4 Å². The molecule has 150 valence electrons. The second kappa shape index (κ2) is 8.39. The molecule has 1 aliphatic heterocycles. The number of anilines is 4. The molecule has 0 bridgehead atoms. The SMILES string of the molecule is COc1cc(OC)c(Nc2ncnc(N3CCC(C(=O)O)CC3)c2N)cc1Cl. The molecule has 28 heavy (non-hydrogen) atoms. The lowest BCUT2D eigenvalue weighted by molar-refractivity contribution is -0.142. The lowest BCUT2D eigenvalue weighted by Gasteiger charge is -2.31. The number of carboxylic acids is 1. The molecular formula is C18H22ClN5O4. The quantitative estimate of drug-likeness (QED) is 0.663. The van der Waals surface area contributed by atoms with Crippen LogP contribution in [-0.2, 0) is 4.79 Å². The number of aromatic nitrogens is 2. The summed E-state index contributed by atoms with van der Waals surface area (Å²) in [4.78, 5) is 21.6. The van der Waals surface area contributed by atoms with Gasteiger partial charge >= 0.3 is 5.97 Å². The Kier molecular flexibility index (Phi) is 5.93. The van der Waals surface area contributed by atoms with E-state index in [4.69, 9.17) is 31.9 Å². The van der Waals surface area contributed by atoms with Crippen LogP contribution in [0.15, 0.2) is 18.5 Å². The monoisotopic (exact) mass is 407 g/mol. The standard InChI is InChI=1S/C18H22ClN5O4/c1-27-13-8-14(28-2)12(7-11(13)19)23-16-15(20)17(22-9-21-16)24-5-3-10(4-6-24)18(25)26/h7-10H,3-6,20H2,1-2H3,(H,25,26)(H,21,22,23). The molecule has 0 spiro atoms. The molecule has 0 atom stereocenters. The predicted molar refractivity (Wildman–Crippen MR) is 107 cm³/mol. The number of piperidine rings is 1. The van der Waals surface area contributed by atoms with Gasteiger partial charge in [-0.3, -0.25) is 4.79 Å². The van der Waals surface area contributed by atoms with Gasteiger partial charge in [-0.15, -0.1) is 0 Å². The Bertz CT molecular complexity index is 871. The van der Waals surface area contributed by atoms with Gasteiger partial charge < -0.3 is 30.5 Å². The Labute approximate surface area is 167 Å². The van der Waals surface area contributed by atoms with E-state index < -0.39 is 5.97 Å². The second-order valence-corrected chi connectivity index (χ2v) is 6.78. The number of hydrogen-bond donors (Lipinski definition) is 3. The van der Waals surface area contributed by atoms with Gasteiger partial charge in [0.05, 0.1) is 30.8 Å². The van der Waals surface area contributed by atoms with Crippen molar-refractivity contribution in [1.82, 2.24) is 9.97 Å². The predicted octanol–water partition coefficient (Wildman–Crippen LogP) is 2.77. The normalized spacial score (nSPS) is 14.6. The average Bonchev–Trinajstić information content (AvgIpc) is 2.70. The first kappa shape index (κ1) is 19.8. The third-order valence-corrected chi connectivity index (χ3v) is 5.03. The van der Waals surface area contributed by atoms with Gasteiger partial charge in [-0.05, 0) is 18.9 Å². The van der Waals surface area contributed by atoms with Gasteiger partial charge in [0.1, 0.15) is 23.5 Å². The first-order valence-corrected chi connectivity index (χ1v) is 9.09. The Morgan fingerprint density at radius 1 is 1.25 bits per heavy atom. The number of halogens is 1. The van der Waals surface area contributed by atoms with Gasteiger partial charge in [0.25, 0.3) is 0 Å². The van der Waals surface area contributed by atoms with Crippen molar-refractivity contribution in [3.05, 3.63) is 23.5 Å². The number of nitrogen functional groups attached to an aromatic ring is 1. The maximum Gasteiger partial charge on any atom is 0.306 e. The largest absolute Gasteiger partial charge is 0.495 e. The fraction of sp³-hybridized carbons (Fsp3) is 0.389. The first-order valence-electron chi connectivity index (χ1n) is 8.71. The van der Waals surface area contributed by atoms with Crippen LogP contribution in [0, 0.1) is 5.92 Å². The molecule has 1 aromatic heterocycles. The zero-order valence-corrected chi connectivity index (χ0v) is 16.4. The highest BCUT2D eigenvalue weighted by Crippen LogP contribution is 2.39. The molecule has 0 unspecified atom stereocenters. The molecule has 9 nitrogen and oxygen atoms in total. The van der Waals surface area contributed by atoms with E-state index in [2.05, 4.69) is 15.3 Å². The van der Waals surface area contributed by atoms with Crippen molar-refractivity contribution in [1.29, 1.82) is 0 Å². The second-order valence-electron chi connectivity index (χ2n) is 6.37. The summed E-state index contributed by atoms with van der Waals surface area (Å²) in [6, 6.07) is 3.33. The van der Waals surface area contributed by atoms with Crippen molar-refractivity contribution >= 4 is 40.6 Å². The van der Waals surface area contributed by atoms with Crippen molar-refractivity contribution in [2.75, 3.05) is 43.3 Å². The molecule has 2 aromatic rings. The number of ether oxygens (including phenoxy) is 2. The van der Waals surface area contributed by atoms with Crippen LogP contribution in [-0.4, -0.2) is 48.4 Å². The summed E-state index contributed by atoms with van der Waals surface area (Å²) < 4.78 is 10.6. The fourth-order valence-corrected chi connectivity index (χ4v) is 3.40. The van der Waals surface area contributed by atoms with Crippen molar-refractivity contribution in [3.8, 4) is 11.5 Å². The summed E-state index contributed by atoms with van der Waals surface area (Å²) in [5.74, 6) is 0.887. The highest BCUT2D eigenvalue weighted by molar-refractivity contribution is 6.32. The first-order chi connectivity index (χ1) is 13.4. The number of aliphatic carboxylic acids is 1. The highest BCUT2D eigenvalue weighted by Gasteiger charge is 2.27. The summed E-state index contributed by atoms with van der Waals surface area (Å²) >= 11 is 6.22. The van der Waals surface area contributed by atoms with E-state index in [9.17, 15) is 4.79 Å². The Morgan fingerprint density at radius 2 is 1.93 bits per heavy atom. The van der Waals surface area contributed by atoms with Gasteiger partial charge in [-0.1, -0.05) is 11.6 Å². The smallest absolute Gasteiger partial charge is 0.306 e. The van der Waals surface area contributed by atoms with E-state index in [0.29, 0.717) is 65.5 Å². The number of rotatable bonds is 6. The van der Waals surface area contributed by atoms with Gasteiger partial charge in [0.2, 0.25) is 0 Å². The number of carbonyl (C=O) groups is 1. The third kappa shape index (κ3) is 3.99. The minimum Gasteiger partial charge on any atom is -0.495 e. The van der Waals surface area contributed by atoms with E-state index in [1.807, 2.05) is 4.90 Å². The summed E-state index contributed by atoms with van der Waals surface area (Å²) in [5.41, 5.74) is 7.24. The number of nitrogens with one attached hydrogen (secondary N) is 1. The van der Waals surface area contributed by atoms with E-state index in [1.165, 1.54) is 20.5 Å². The molecule has 10 heteroatoms. The van der Waals surface area contributed by atoms with Crippen LogP contribution in [0.3, 0.4) is 0 Å². The van der Waals surface area contributed by atoms with Crippen molar-refractivity contribution in [2.45, 2.75) is 12.8 Å². The van der Waals surface area contributed by atoms with Gasteiger partial charge in [-0.25, -0.2) is 9.97 Å². The minimum absolute atomic E-state index is 0.331. The number of hydrogen-bond acceptors (Lipinski definition) is 8. The Balaban J connectivity index is 1.84. The summed E-state index contributed by atoms with van der Waals surface area (Å²) in [6.45, 7) is 1.13. The molecule has 2 heterocycles. The molecule has 4 N–H and O–H groups in total. The zero-order valence-electron chi connectivity index (χ0n) is 15.6. The molecule has 1 fully saturated rings. The third-order valence-electron chi connectivity index (χ3n) is 4.73. The van der Waals surface area contributed by atoms with Crippen LogP contribution in [0.25, 0.3) is 0 Å². The number of benzene rings is 1. The Morgan fingerprint density at radius 3 is 2.54 bits per heavy atom. The lowest BCUT2D eigenvalue weighted by Crippen LogP contribution is -2.37. The fourth-order valence-electron chi connectivity index (χ4n) is 3.16. The Hall–Kier alpha value is -2.94. The van der Waals surface area contributed by atoms with E-state index in [1.54, 1.807) is 12.1 Å². The van der Waals surface area contributed by atoms with E-state index in [0.717, 1.165) is 0 Å². The minimum atomic E-state index is -0.763. The summed E-state index contributed by atoms with van der Waals surface area (Å²) in [7, 11) is 3.06. The van der Waals surface area contributed by atoms with Crippen LogP contribution >= 0.6 is 11.6 Å². The van der Waals surface area contributed by atoms with Gasteiger partial charge in [0, 0.05) is 19.2 Å². The maximum absolute atomic E-state index is 11.1. The molecule has 0 aliphatic carbocycles. The molecule has 1 saturated heterocycles. The summed E-state index contributed by atoms with van der Waals surface area (Å²) in [6.07, 6.45) is 2.50. The van der Waals surface area contributed by atoms with Gasteiger partial charge in [-0.2, -0.15) is 0 Å². The molecular weight excluding hydrogens is 386 g/mol. The molecule has 0 radical (unpaired) electrons. The topological polar surface area (TPSA) is 123 Å². The zero-order chi connectivity index (χ0) is 20.3. The molecule has 3 rings (SSSR count). The van der Waals surface area contributed by atoms with Crippen LogP contribution in [0.4, 0.5) is 23.0 Å². The molecule has 1 aromatic carbocycles. The van der Waals surface area contributed by atoms with E-state index in [-0.39, 0.29) is 5.92 Å². The maximum atomic E-state index is 11.1. The van der Waals surface area contributed by atoms with Crippen LogP contribution in [0.1, 0.15) is 12.8 Å². The molecule has 0 amide bonds. The average molecular weight is 408 g/mol. The highest BCUT2D eigenvalue weighted by atomic mass is 35.5. The van der Waals surface area contributed by atoms with Crippen molar-refractivity contribution in [3.63, 3.8) is 0 Å². The molecule has 1 aliphatic rings. The number of nitrogens with two attached hydrogens (primary N) is 1. The molecule has 0 saturated carbocycles. The summed E-state index contributed by atoms with van der Waals surface area (Å²) in [5, 5.41) is 12.7. The van der Waals surface area contributed by atoms with Crippen LogP contribution in [0.2, 0.25) is 5.02 Å². The number of methoxy groups -OCH3 is 2.